The summed E-state index contributed by atoms with van der Waals surface area (Å²) in [6, 6.07) is 9.03. The van der Waals surface area contributed by atoms with Gasteiger partial charge in [-0.3, -0.25) is 9.59 Å². The number of hydrogen-bond donors (Lipinski definition) is 3. The van der Waals surface area contributed by atoms with Crippen LogP contribution in [0, 0.1) is 0 Å². The van der Waals surface area contributed by atoms with Crippen LogP contribution in [0.3, 0.4) is 0 Å². The third kappa shape index (κ3) is 5.46. The van der Waals surface area contributed by atoms with E-state index in [1.165, 1.54) is 6.07 Å². The summed E-state index contributed by atoms with van der Waals surface area (Å²) in [4.78, 5) is 37.9. The molecule has 3 heterocycles. The molecule has 0 spiro atoms. The van der Waals surface area contributed by atoms with Crippen molar-refractivity contribution in [3.05, 3.63) is 59.9 Å². The van der Waals surface area contributed by atoms with Crippen molar-refractivity contribution in [1.29, 1.82) is 0 Å². The van der Waals surface area contributed by atoms with Gasteiger partial charge < -0.3 is 26.4 Å². The molecular formula is C22H20F3N7O3. The van der Waals surface area contributed by atoms with Crippen molar-refractivity contribution in [3.63, 3.8) is 0 Å². The first kappa shape index (κ1) is 23.9. The highest BCUT2D eigenvalue weighted by molar-refractivity contribution is 5.92. The maximum Gasteiger partial charge on any atom is 0.417 e. The number of amides is 2. The van der Waals surface area contributed by atoms with Crippen LogP contribution in [0.25, 0.3) is 11.4 Å². The highest BCUT2D eigenvalue weighted by Gasteiger charge is 2.31. The first-order valence-electron chi connectivity index (χ1n) is 10.4. The number of nitrogens with two attached hydrogens (primary N) is 2. The average molecular weight is 487 g/mol. The SMILES string of the molecule is NC(=O)c1cc(N2CCNCC2C(N)=O)nc(-c2ccc(Oc3ccc(C(F)(F)F)cn3)cc2)n1. The Kier molecular flexibility index (Phi) is 6.51. The molecule has 4 rings (SSSR count). The highest BCUT2D eigenvalue weighted by atomic mass is 19.4. The van der Waals surface area contributed by atoms with E-state index >= 15 is 0 Å². The fourth-order valence-corrected chi connectivity index (χ4v) is 3.47. The lowest BCUT2D eigenvalue weighted by atomic mass is 10.1. The van der Waals surface area contributed by atoms with E-state index in [2.05, 4.69) is 20.3 Å². The summed E-state index contributed by atoms with van der Waals surface area (Å²) in [6.45, 7) is 1.33. The van der Waals surface area contributed by atoms with Gasteiger partial charge in [0.15, 0.2) is 5.82 Å². The molecule has 1 saturated heterocycles. The van der Waals surface area contributed by atoms with E-state index in [4.69, 9.17) is 16.2 Å². The van der Waals surface area contributed by atoms with Gasteiger partial charge in [-0.25, -0.2) is 15.0 Å². The highest BCUT2D eigenvalue weighted by Crippen LogP contribution is 2.30. The van der Waals surface area contributed by atoms with Gasteiger partial charge in [0.1, 0.15) is 23.3 Å². The molecular weight excluding hydrogens is 467 g/mol. The number of aromatic nitrogens is 3. The predicted molar refractivity (Wildman–Crippen MR) is 118 cm³/mol. The van der Waals surface area contributed by atoms with Crippen LogP contribution in [0.4, 0.5) is 19.0 Å². The normalized spacial score (nSPS) is 16.1. The predicted octanol–water partition coefficient (Wildman–Crippen LogP) is 1.71. The lowest BCUT2D eigenvalue weighted by molar-refractivity contribution is -0.137. The largest absolute Gasteiger partial charge is 0.439 e. The second-order valence-corrected chi connectivity index (χ2v) is 7.62. The molecule has 182 valence electrons. The number of rotatable bonds is 6. The van der Waals surface area contributed by atoms with E-state index < -0.39 is 29.6 Å². The summed E-state index contributed by atoms with van der Waals surface area (Å²) >= 11 is 0. The molecule has 13 heteroatoms. The molecule has 1 aromatic carbocycles. The molecule has 1 atom stereocenters. The molecule has 0 radical (unpaired) electrons. The van der Waals surface area contributed by atoms with E-state index in [-0.39, 0.29) is 17.4 Å². The number of hydrogen-bond acceptors (Lipinski definition) is 8. The first-order chi connectivity index (χ1) is 16.6. The number of primary amides is 2. The van der Waals surface area contributed by atoms with Gasteiger partial charge in [0, 0.05) is 43.5 Å². The zero-order valence-electron chi connectivity index (χ0n) is 18.1. The molecule has 0 saturated carbocycles. The third-order valence-corrected chi connectivity index (χ3v) is 5.23. The van der Waals surface area contributed by atoms with Crippen molar-refractivity contribution in [2.45, 2.75) is 12.2 Å². The molecule has 1 unspecified atom stereocenters. The van der Waals surface area contributed by atoms with E-state index in [1.54, 1.807) is 29.2 Å². The summed E-state index contributed by atoms with van der Waals surface area (Å²) in [5.41, 5.74) is 10.6. The number of ether oxygens (including phenoxy) is 1. The number of nitrogens with one attached hydrogen (secondary N) is 1. The number of carbonyl (C=O) groups is 2. The number of anilines is 1. The maximum absolute atomic E-state index is 12.7. The lowest BCUT2D eigenvalue weighted by Crippen LogP contribution is -2.57. The Labute approximate surface area is 197 Å². The van der Waals surface area contributed by atoms with E-state index in [0.717, 1.165) is 12.1 Å². The molecule has 2 amide bonds. The van der Waals surface area contributed by atoms with Gasteiger partial charge in [-0.1, -0.05) is 0 Å². The van der Waals surface area contributed by atoms with Gasteiger partial charge in [0.2, 0.25) is 11.8 Å². The maximum atomic E-state index is 12.7. The quantitative estimate of drug-likeness (QED) is 0.476. The van der Waals surface area contributed by atoms with Crippen LogP contribution in [0.1, 0.15) is 16.1 Å². The molecule has 1 fully saturated rings. The van der Waals surface area contributed by atoms with E-state index in [9.17, 15) is 22.8 Å². The monoisotopic (exact) mass is 487 g/mol. The van der Waals surface area contributed by atoms with Crippen molar-refractivity contribution < 1.29 is 27.5 Å². The van der Waals surface area contributed by atoms with Crippen molar-refractivity contribution in [2.75, 3.05) is 24.5 Å². The fourth-order valence-electron chi connectivity index (χ4n) is 3.47. The summed E-state index contributed by atoms with van der Waals surface area (Å²) in [5, 5.41) is 3.08. The number of alkyl halides is 3. The Hall–Kier alpha value is -4.26. The minimum Gasteiger partial charge on any atom is -0.439 e. The zero-order valence-corrected chi connectivity index (χ0v) is 18.1. The van der Waals surface area contributed by atoms with Crippen LogP contribution in [-0.2, 0) is 11.0 Å². The molecule has 35 heavy (non-hydrogen) atoms. The molecule has 5 N–H and O–H groups in total. The summed E-state index contributed by atoms with van der Waals surface area (Å²) in [5.74, 6) is -0.523. The number of carbonyl (C=O) groups excluding carboxylic acids is 2. The smallest absolute Gasteiger partial charge is 0.417 e. The Bertz CT molecular complexity index is 1230. The Morgan fingerprint density at radius 3 is 2.43 bits per heavy atom. The molecule has 0 aliphatic carbocycles. The third-order valence-electron chi connectivity index (χ3n) is 5.23. The number of piperazine rings is 1. The van der Waals surface area contributed by atoms with Crippen LogP contribution in [0.15, 0.2) is 48.7 Å². The Morgan fingerprint density at radius 2 is 1.83 bits per heavy atom. The van der Waals surface area contributed by atoms with Gasteiger partial charge in [0.05, 0.1) is 5.56 Å². The summed E-state index contributed by atoms with van der Waals surface area (Å²) in [7, 11) is 0. The van der Waals surface area contributed by atoms with Crippen LogP contribution in [0.5, 0.6) is 11.6 Å². The Morgan fingerprint density at radius 1 is 1.09 bits per heavy atom. The average Bonchev–Trinajstić information content (AvgIpc) is 2.84. The standard InChI is InChI=1S/C22H20F3N7O3/c23-22(24,25)13-3-6-18(29-10-13)35-14-4-1-12(2-5-14)21-30-15(19(26)33)9-17(31-21)32-8-7-28-11-16(32)20(27)34/h1-6,9-10,16,28H,7-8,11H2,(H2,26,33)(H2,27,34). The van der Waals surface area contributed by atoms with Gasteiger partial charge in [-0.15, -0.1) is 0 Å². The second kappa shape index (κ2) is 9.54. The zero-order chi connectivity index (χ0) is 25.2. The van der Waals surface area contributed by atoms with Crippen LogP contribution >= 0.6 is 0 Å². The minimum absolute atomic E-state index is 0.0174. The van der Waals surface area contributed by atoms with Crippen molar-refractivity contribution in [2.24, 2.45) is 11.5 Å². The summed E-state index contributed by atoms with van der Waals surface area (Å²) < 4.78 is 43.6. The number of benzene rings is 1. The molecule has 10 nitrogen and oxygen atoms in total. The number of nitrogens with zero attached hydrogens (tertiary/aromatic N) is 4. The van der Waals surface area contributed by atoms with Crippen molar-refractivity contribution in [1.82, 2.24) is 20.3 Å². The molecule has 2 aromatic heterocycles. The number of halogens is 3. The second-order valence-electron chi connectivity index (χ2n) is 7.62. The molecule has 0 bridgehead atoms. The fraction of sp³-hybridized carbons (Fsp3) is 0.227. The van der Waals surface area contributed by atoms with Crippen LogP contribution in [0.2, 0.25) is 0 Å². The van der Waals surface area contributed by atoms with Crippen molar-refractivity contribution in [3.8, 4) is 23.0 Å². The van der Waals surface area contributed by atoms with E-state index in [1.807, 2.05) is 0 Å². The summed E-state index contributed by atoms with van der Waals surface area (Å²) in [6.07, 6.45) is -3.81. The Balaban J connectivity index is 1.60. The van der Waals surface area contributed by atoms with Gasteiger partial charge in [-0.2, -0.15) is 13.2 Å². The van der Waals surface area contributed by atoms with Crippen molar-refractivity contribution >= 4 is 17.6 Å². The van der Waals surface area contributed by atoms with Gasteiger partial charge in [-0.05, 0) is 30.3 Å². The van der Waals surface area contributed by atoms with Gasteiger partial charge in [0.25, 0.3) is 5.91 Å². The van der Waals surface area contributed by atoms with Crippen LogP contribution in [-0.4, -0.2) is 52.4 Å². The first-order valence-corrected chi connectivity index (χ1v) is 10.4. The minimum atomic E-state index is -4.49. The molecule has 3 aromatic rings. The number of pyridine rings is 1. The van der Waals surface area contributed by atoms with Crippen LogP contribution < -0.4 is 26.4 Å². The molecule has 1 aliphatic heterocycles. The molecule has 1 aliphatic rings. The van der Waals surface area contributed by atoms with E-state index in [0.29, 0.717) is 43.0 Å². The van der Waals surface area contributed by atoms with Gasteiger partial charge >= 0.3 is 6.18 Å². The lowest BCUT2D eigenvalue weighted by Gasteiger charge is -2.35. The topological polar surface area (TPSA) is 149 Å².